The smallest absolute Gasteiger partial charge is 0.212 e. The molecule has 0 amide bonds. The third-order valence-corrected chi connectivity index (χ3v) is 3.33. The van der Waals surface area contributed by atoms with Crippen molar-refractivity contribution in [3.05, 3.63) is 41.0 Å². The third-order valence-electron chi connectivity index (χ3n) is 2.52. The van der Waals surface area contributed by atoms with Crippen LogP contribution in [0.15, 0.2) is 23.6 Å². The molecule has 0 saturated carbocycles. The highest BCUT2D eigenvalue weighted by Crippen LogP contribution is 2.27. The minimum absolute atomic E-state index is 0.222. The number of nitrogens with two attached hydrogens (primary N) is 1. The summed E-state index contributed by atoms with van der Waals surface area (Å²) >= 11 is 1.33. The van der Waals surface area contributed by atoms with Gasteiger partial charge < -0.3 is 5.73 Å². The van der Waals surface area contributed by atoms with Crippen LogP contribution in [0.2, 0.25) is 0 Å². The Balaban J connectivity index is 2.21. The number of fused-ring (bicyclic) bond motifs is 1. The van der Waals surface area contributed by atoms with Gasteiger partial charge in [0.2, 0.25) is 4.96 Å². The van der Waals surface area contributed by atoms with Crippen molar-refractivity contribution in [2.45, 2.75) is 6.54 Å². The predicted molar refractivity (Wildman–Crippen MR) is 64.1 cm³/mol. The van der Waals surface area contributed by atoms with E-state index in [1.165, 1.54) is 28.0 Å². The zero-order valence-electron chi connectivity index (χ0n) is 9.10. The monoisotopic (exact) mass is 266 g/mol. The van der Waals surface area contributed by atoms with Crippen LogP contribution in [0.25, 0.3) is 16.2 Å². The van der Waals surface area contributed by atoms with Crippen molar-refractivity contribution in [1.29, 1.82) is 0 Å². The Hall–Kier alpha value is -1.86. The summed E-state index contributed by atoms with van der Waals surface area (Å²) in [5.74, 6) is -0.742. The zero-order chi connectivity index (χ0) is 12.7. The molecule has 2 aromatic heterocycles. The van der Waals surface area contributed by atoms with Gasteiger partial charge in [-0.2, -0.15) is 0 Å². The standard InChI is InChI=1S/C11H8F2N4S/c12-6-1-2-7(8(13)3-6)9-5-18-11-15-10(4-14)16-17(9)11/h1-3,5H,4,14H2. The predicted octanol–water partition coefficient (Wildman–Crippen LogP) is 2.19. The summed E-state index contributed by atoms with van der Waals surface area (Å²) in [6.07, 6.45) is 0. The van der Waals surface area contributed by atoms with E-state index < -0.39 is 11.6 Å². The average Bonchev–Trinajstić information content (AvgIpc) is 2.89. The van der Waals surface area contributed by atoms with Gasteiger partial charge in [0.25, 0.3) is 0 Å². The van der Waals surface area contributed by atoms with Gasteiger partial charge in [0.15, 0.2) is 5.82 Å². The summed E-state index contributed by atoms with van der Waals surface area (Å²) in [4.78, 5) is 4.81. The van der Waals surface area contributed by atoms with Crippen molar-refractivity contribution in [2.24, 2.45) is 5.73 Å². The van der Waals surface area contributed by atoms with Crippen LogP contribution < -0.4 is 5.73 Å². The first kappa shape index (κ1) is 11.2. The summed E-state index contributed by atoms with van der Waals surface area (Å²) in [6.45, 7) is 0.222. The molecule has 2 heterocycles. The molecule has 1 aromatic carbocycles. The quantitative estimate of drug-likeness (QED) is 0.773. The fourth-order valence-corrected chi connectivity index (χ4v) is 2.53. The lowest BCUT2D eigenvalue weighted by atomic mass is 10.1. The molecule has 0 unspecified atom stereocenters. The number of hydrogen-bond acceptors (Lipinski definition) is 4. The van der Waals surface area contributed by atoms with Crippen molar-refractivity contribution in [2.75, 3.05) is 0 Å². The molecule has 0 bridgehead atoms. The van der Waals surface area contributed by atoms with Crippen LogP contribution in [0.5, 0.6) is 0 Å². The lowest BCUT2D eigenvalue weighted by Gasteiger charge is -2.00. The van der Waals surface area contributed by atoms with Gasteiger partial charge in [0, 0.05) is 17.0 Å². The molecular formula is C11H8F2N4S. The molecule has 0 fully saturated rings. The van der Waals surface area contributed by atoms with Gasteiger partial charge in [0.1, 0.15) is 11.6 Å². The van der Waals surface area contributed by atoms with Crippen molar-refractivity contribution in [3.63, 3.8) is 0 Å². The lowest BCUT2D eigenvalue weighted by molar-refractivity contribution is 0.585. The highest BCUT2D eigenvalue weighted by molar-refractivity contribution is 7.15. The summed E-state index contributed by atoms with van der Waals surface area (Å²) < 4.78 is 28.1. The van der Waals surface area contributed by atoms with E-state index in [4.69, 9.17) is 5.73 Å². The van der Waals surface area contributed by atoms with E-state index in [1.54, 1.807) is 5.38 Å². The second-order valence-electron chi connectivity index (χ2n) is 3.67. The fourth-order valence-electron chi connectivity index (χ4n) is 1.69. The second-order valence-corrected chi connectivity index (χ2v) is 4.51. The first-order valence-electron chi connectivity index (χ1n) is 5.17. The van der Waals surface area contributed by atoms with Gasteiger partial charge in [-0.1, -0.05) is 0 Å². The van der Waals surface area contributed by atoms with Crippen LogP contribution in [0, 0.1) is 11.6 Å². The minimum atomic E-state index is -0.625. The van der Waals surface area contributed by atoms with Gasteiger partial charge in [-0.15, -0.1) is 16.4 Å². The largest absolute Gasteiger partial charge is 0.324 e. The van der Waals surface area contributed by atoms with E-state index in [2.05, 4.69) is 10.1 Å². The van der Waals surface area contributed by atoms with Crippen LogP contribution >= 0.6 is 11.3 Å². The highest BCUT2D eigenvalue weighted by Gasteiger charge is 2.14. The van der Waals surface area contributed by atoms with Gasteiger partial charge >= 0.3 is 0 Å². The Morgan fingerprint density at radius 1 is 1.33 bits per heavy atom. The number of benzene rings is 1. The van der Waals surface area contributed by atoms with E-state index in [1.807, 2.05) is 0 Å². The van der Waals surface area contributed by atoms with E-state index in [9.17, 15) is 8.78 Å². The fraction of sp³-hybridized carbons (Fsp3) is 0.0909. The van der Waals surface area contributed by atoms with Gasteiger partial charge in [-0.3, -0.25) is 0 Å². The summed E-state index contributed by atoms with van der Waals surface area (Å²) in [7, 11) is 0. The molecule has 3 rings (SSSR count). The summed E-state index contributed by atoms with van der Waals surface area (Å²) in [5, 5.41) is 5.89. The molecule has 7 heteroatoms. The third kappa shape index (κ3) is 1.68. The molecule has 0 atom stereocenters. The zero-order valence-corrected chi connectivity index (χ0v) is 9.92. The summed E-state index contributed by atoms with van der Waals surface area (Å²) in [5.41, 5.74) is 6.28. The minimum Gasteiger partial charge on any atom is -0.324 e. The normalized spacial score (nSPS) is 11.3. The molecule has 0 saturated heterocycles. The molecule has 0 aliphatic carbocycles. The van der Waals surface area contributed by atoms with Gasteiger partial charge in [-0.25, -0.2) is 18.3 Å². The van der Waals surface area contributed by atoms with Gasteiger partial charge in [0.05, 0.1) is 12.2 Å². The molecule has 2 N–H and O–H groups in total. The molecular weight excluding hydrogens is 258 g/mol. The number of thiazole rings is 1. The Morgan fingerprint density at radius 2 is 2.17 bits per heavy atom. The number of nitrogens with zero attached hydrogens (tertiary/aromatic N) is 3. The van der Waals surface area contributed by atoms with Crippen molar-refractivity contribution in [1.82, 2.24) is 14.6 Å². The number of halogens is 2. The lowest BCUT2D eigenvalue weighted by Crippen LogP contribution is -1.99. The molecule has 18 heavy (non-hydrogen) atoms. The number of rotatable bonds is 2. The van der Waals surface area contributed by atoms with Crippen molar-refractivity contribution in [3.8, 4) is 11.3 Å². The Bertz CT molecular complexity index is 719. The van der Waals surface area contributed by atoms with Crippen LogP contribution in [0.4, 0.5) is 8.78 Å². The molecule has 4 nitrogen and oxygen atoms in total. The first-order valence-corrected chi connectivity index (χ1v) is 6.05. The van der Waals surface area contributed by atoms with E-state index in [-0.39, 0.29) is 12.1 Å². The topological polar surface area (TPSA) is 56.2 Å². The Kier molecular flexibility index (Phi) is 2.57. The highest BCUT2D eigenvalue weighted by atomic mass is 32.1. The molecule has 0 aliphatic heterocycles. The number of hydrogen-bond donors (Lipinski definition) is 1. The molecule has 3 aromatic rings. The van der Waals surface area contributed by atoms with E-state index in [0.29, 0.717) is 16.5 Å². The number of aromatic nitrogens is 3. The van der Waals surface area contributed by atoms with Crippen molar-refractivity contribution < 1.29 is 8.78 Å². The maximum absolute atomic E-state index is 13.7. The van der Waals surface area contributed by atoms with Crippen LogP contribution in [-0.4, -0.2) is 14.6 Å². The molecule has 0 spiro atoms. The molecule has 92 valence electrons. The van der Waals surface area contributed by atoms with Crippen LogP contribution in [0.1, 0.15) is 5.82 Å². The molecule has 0 radical (unpaired) electrons. The maximum atomic E-state index is 13.7. The summed E-state index contributed by atoms with van der Waals surface area (Å²) in [6, 6.07) is 3.44. The SMILES string of the molecule is NCc1nc2scc(-c3ccc(F)cc3F)n2n1. The van der Waals surface area contributed by atoms with Crippen LogP contribution in [0.3, 0.4) is 0 Å². The van der Waals surface area contributed by atoms with Gasteiger partial charge in [-0.05, 0) is 12.1 Å². The van der Waals surface area contributed by atoms with E-state index in [0.717, 1.165) is 6.07 Å². The Morgan fingerprint density at radius 3 is 2.89 bits per heavy atom. The molecule has 0 aliphatic rings. The second kappa shape index (κ2) is 4.11. The maximum Gasteiger partial charge on any atom is 0.212 e. The first-order chi connectivity index (χ1) is 8.69. The average molecular weight is 266 g/mol. The van der Waals surface area contributed by atoms with Crippen molar-refractivity contribution >= 4 is 16.3 Å². The Labute approximate surface area is 105 Å². The van der Waals surface area contributed by atoms with Crippen LogP contribution in [-0.2, 0) is 6.54 Å². The van der Waals surface area contributed by atoms with E-state index >= 15 is 0 Å².